The quantitative estimate of drug-likeness (QED) is 0.592. The highest BCUT2D eigenvalue weighted by molar-refractivity contribution is 5.83. The minimum Gasteiger partial charge on any atom is -0.379 e. The zero-order valence-corrected chi connectivity index (χ0v) is 14.3. The van der Waals surface area contributed by atoms with Gasteiger partial charge in [0.25, 0.3) is 0 Å². The van der Waals surface area contributed by atoms with Gasteiger partial charge in [-0.1, -0.05) is 6.07 Å². The van der Waals surface area contributed by atoms with Crippen LogP contribution < -0.4 is 5.73 Å². The molecule has 0 saturated carbocycles. The van der Waals surface area contributed by atoms with Gasteiger partial charge in [-0.2, -0.15) is 0 Å². The van der Waals surface area contributed by atoms with E-state index in [2.05, 4.69) is 50.4 Å². The zero-order valence-electron chi connectivity index (χ0n) is 14.3. The van der Waals surface area contributed by atoms with Crippen LogP contribution in [0, 0.1) is 0 Å². The summed E-state index contributed by atoms with van der Waals surface area (Å²) in [6, 6.07) is 8.44. The average Bonchev–Trinajstić information content (AvgIpc) is 3.24. The van der Waals surface area contributed by atoms with Crippen molar-refractivity contribution in [3.63, 3.8) is 0 Å². The Balaban J connectivity index is 1.76. The molecular weight excluding hydrogens is 330 g/mol. The number of likely N-dealkylation sites (N-methyl/N-ethyl adjacent to an activating group) is 1. The topological polar surface area (TPSA) is 98.9 Å². The van der Waals surface area contributed by atoms with Crippen molar-refractivity contribution in [1.82, 2.24) is 29.7 Å². The molecule has 0 radical (unpaired) electrons. The normalized spacial score (nSPS) is 14.7. The van der Waals surface area contributed by atoms with Crippen LogP contribution in [-0.4, -0.2) is 43.3 Å². The van der Waals surface area contributed by atoms with Crippen molar-refractivity contribution < 1.29 is 4.63 Å². The summed E-state index contributed by atoms with van der Waals surface area (Å²) in [4.78, 5) is 11.2. The minimum absolute atomic E-state index is 0.215. The Kier molecular flexibility index (Phi) is 3.26. The first-order valence-electron chi connectivity index (χ1n) is 8.42. The molecule has 130 valence electrons. The molecule has 0 saturated heterocycles. The van der Waals surface area contributed by atoms with Gasteiger partial charge in [0.1, 0.15) is 5.52 Å². The van der Waals surface area contributed by atoms with Gasteiger partial charge in [0.15, 0.2) is 17.3 Å². The van der Waals surface area contributed by atoms with Crippen molar-refractivity contribution in [2.24, 2.45) is 0 Å². The maximum atomic E-state index is 5.93. The van der Waals surface area contributed by atoms with E-state index in [4.69, 9.17) is 10.4 Å². The Morgan fingerprint density at radius 2 is 2.08 bits per heavy atom. The Morgan fingerprint density at radius 3 is 2.92 bits per heavy atom. The summed E-state index contributed by atoms with van der Waals surface area (Å²) >= 11 is 0. The van der Waals surface area contributed by atoms with E-state index in [-0.39, 0.29) is 5.82 Å². The van der Waals surface area contributed by atoms with Gasteiger partial charge in [-0.25, -0.2) is 9.61 Å². The van der Waals surface area contributed by atoms with Gasteiger partial charge in [0.2, 0.25) is 0 Å². The van der Waals surface area contributed by atoms with Crippen molar-refractivity contribution >= 4 is 16.9 Å². The van der Waals surface area contributed by atoms with Crippen LogP contribution >= 0.6 is 0 Å². The Bertz CT molecular complexity index is 1110. The predicted octanol–water partition coefficient (Wildman–Crippen LogP) is 2.04. The first-order valence-corrected chi connectivity index (χ1v) is 8.42. The third-order valence-corrected chi connectivity index (χ3v) is 4.83. The van der Waals surface area contributed by atoms with Crippen LogP contribution in [0.4, 0.5) is 5.82 Å². The number of anilines is 1. The van der Waals surface area contributed by atoms with E-state index < -0.39 is 0 Å². The Labute approximate surface area is 149 Å². The molecule has 1 aromatic carbocycles. The number of pyridine rings is 1. The fraction of sp³-hybridized carbons (Fsp3) is 0.222. The summed E-state index contributed by atoms with van der Waals surface area (Å²) in [5.41, 5.74) is 11.8. The maximum Gasteiger partial charge on any atom is 0.199 e. The molecule has 1 aliphatic rings. The summed E-state index contributed by atoms with van der Waals surface area (Å²) in [5.74, 6) is 0.808. The fourth-order valence-electron chi connectivity index (χ4n) is 3.53. The van der Waals surface area contributed by atoms with Gasteiger partial charge in [-0.15, -0.1) is 0 Å². The second-order valence-electron chi connectivity index (χ2n) is 6.57. The van der Waals surface area contributed by atoms with E-state index in [1.807, 2.05) is 10.6 Å². The number of fused-ring (bicyclic) bond motifs is 2. The fourth-order valence-corrected chi connectivity index (χ4v) is 3.53. The molecule has 4 heterocycles. The van der Waals surface area contributed by atoms with Gasteiger partial charge in [0.05, 0.1) is 11.7 Å². The first kappa shape index (κ1) is 15.0. The molecule has 0 atom stereocenters. The third-order valence-electron chi connectivity index (χ3n) is 4.83. The van der Waals surface area contributed by atoms with E-state index in [0.29, 0.717) is 11.5 Å². The van der Waals surface area contributed by atoms with E-state index >= 15 is 0 Å². The lowest BCUT2D eigenvalue weighted by atomic mass is 9.99. The van der Waals surface area contributed by atoms with Crippen LogP contribution in [0.1, 0.15) is 11.1 Å². The number of nitrogen functional groups attached to an aromatic ring is 1. The number of benzene rings is 1. The smallest absolute Gasteiger partial charge is 0.199 e. The van der Waals surface area contributed by atoms with E-state index in [1.54, 1.807) is 12.4 Å². The number of imidazole rings is 1. The highest BCUT2D eigenvalue weighted by Crippen LogP contribution is 2.31. The number of hydrogen-bond acceptors (Lipinski definition) is 7. The van der Waals surface area contributed by atoms with Crippen LogP contribution in [0.25, 0.3) is 28.2 Å². The highest BCUT2D eigenvalue weighted by Gasteiger charge is 2.21. The number of nitrogens with zero attached hydrogens (tertiary/aromatic N) is 6. The summed E-state index contributed by atoms with van der Waals surface area (Å²) in [5, 5.41) is 7.64. The molecule has 8 heteroatoms. The molecule has 1 aliphatic heterocycles. The van der Waals surface area contributed by atoms with Gasteiger partial charge in [-0.05, 0) is 53.1 Å². The summed E-state index contributed by atoms with van der Waals surface area (Å²) < 4.78 is 6.82. The Morgan fingerprint density at radius 1 is 1.15 bits per heavy atom. The average molecular weight is 347 g/mol. The standard InChI is InChI=1S/C18H17N7O/c1-24-7-5-11-2-3-13(8-12(11)10-24)25-15-4-6-20-9-14(15)21-18(25)16-17(19)23-26-22-16/h2-4,6,8-9H,5,7,10H2,1H3,(H2,19,23). The largest absolute Gasteiger partial charge is 0.379 e. The molecule has 4 aromatic rings. The van der Waals surface area contributed by atoms with Crippen LogP contribution in [0.15, 0.2) is 41.3 Å². The monoisotopic (exact) mass is 347 g/mol. The van der Waals surface area contributed by atoms with Crippen molar-refractivity contribution in [2.45, 2.75) is 13.0 Å². The van der Waals surface area contributed by atoms with Crippen molar-refractivity contribution in [3.8, 4) is 17.2 Å². The molecule has 0 spiro atoms. The van der Waals surface area contributed by atoms with Crippen LogP contribution in [0.5, 0.6) is 0 Å². The lowest BCUT2D eigenvalue weighted by Crippen LogP contribution is -2.26. The lowest BCUT2D eigenvalue weighted by Gasteiger charge is -2.25. The molecule has 5 rings (SSSR count). The summed E-state index contributed by atoms with van der Waals surface area (Å²) in [6.07, 6.45) is 4.54. The van der Waals surface area contributed by atoms with Gasteiger partial charge < -0.3 is 10.6 Å². The van der Waals surface area contributed by atoms with Gasteiger partial charge in [-0.3, -0.25) is 9.55 Å². The molecule has 0 unspecified atom stereocenters. The first-order chi connectivity index (χ1) is 12.7. The second kappa shape index (κ2) is 5.63. The van der Waals surface area contributed by atoms with E-state index in [9.17, 15) is 0 Å². The molecule has 0 aliphatic carbocycles. The van der Waals surface area contributed by atoms with Crippen LogP contribution in [0.2, 0.25) is 0 Å². The SMILES string of the molecule is CN1CCc2ccc(-n3c(-c4nonc4N)nc4cnccc43)cc2C1. The molecule has 2 N–H and O–H groups in total. The zero-order chi connectivity index (χ0) is 17.7. The van der Waals surface area contributed by atoms with Crippen molar-refractivity contribution in [1.29, 1.82) is 0 Å². The summed E-state index contributed by atoms with van der Waals surface area (Å²) in [7, 11) is 2.14. The Hall–Kier alpha value is -3.26. The van der Waals surface area contributed by atoms with Crippen molar-refractivity contribution in [2.75, 3.05) is 19.3 Å². The van der Waals surface area contributed by atoms with Crippen molar-refractivity contribution in [3.05, 3.63) is 47.8 Å². The predicted molar refractivity (Wildman–Crippen MR) is 96.6 cm³/mol. The van der Waals surface area contributed by atoms with E-state index in [0.717, 1.165) is 36.2 Å². The molecule has 8 nitrogen and oxygen atoms in total. The summed E-state index contributed by atoms with van der Waals surface area (Å²) in [6.45, 7) is 2.01. The number of hydrogen-bond donors (Lipinski definition) is 1. The van der Waals surface area contributed by atoms with Gasteiger partial charge >= 0.3 is 0 Å². The van der Waals surface area contributed by atoms with Crippen LogP contribution in [0.3, 0.4) is 0 Å². The van der Waals surface area contributed by atoms with Crippen LogP contribution in [-0.2, 0) is 13.0 Å². The third kappa shape index (κ3) is 2.26. The highest BCUT2D eigenvalue weighted by atomic mass is 16.6. The maximum absolute atomic E-state index is 5.93. The number of rotatable bonds is 2. The minimum atomic E-state index is 0.215. The van der Waals surface area contributed by atoms with Gasteiger partial charge in [0, 0.05) is 25.0 Å². The second-order valence-corrected chi connectivity index (χ2v) is 6.57. The molecular formula is C18H17N7O. The number of aromatic nitrogens is 5. The molecule has 0 amide bonds. The lowest BCUT2D eigenvalue weighted by molar-refractivity contribution is 0.310. The molecule has 0 fully saturated rings. The molecule has 0 bridgehead atoms. The van der Waals surface area contributed by atoms with E-state index in [1.165, 1.54) is 11.1 Å². The number of nitrogens with two attached hydrogens (primary N) is 1. The molecule has 3 aromatic heterocycles. The molecule has 26 heavy (non-hydrogen) atoms.